The van der Waals surface area contributed by atoms with E-state index >= 15 is 0 Å². The highest BCUT2D eigenvalue weighted by atomic mass is 16.6. The van der Waals surface area contributed by atoms with Crippen molar-refractivity contribution in [3.05, 3.63) is 60.2 Å². The van der Waals surface area contributed by atoms with E-state index in [9.17, 15) is 0 Å². The zero-order valence-corrected chi connectivity index (χ0v) is 14.3. The van der Waals surface area contributed by atoms with Crippen molar-refractivity contribution in [2.24, 2.45) is 0 Å². The van der Waals surface area contributed by atoms with Crippen molar-refractivity contribution in [2.45, 2.75) is 50.3 Å². The van der Waals surface area contributed by atoms with Crippen LogP contribution in [0, 0.1) is 0 Å². The maximum atomic E-state index is 6.23. The Labute approximate surface area is 144 Å². The molecule has 2 atom stereocenters. The van der Waals surface area contributed by atoms with Gasteiger partial charge in [0.15, 0.2) is 17.6 Å². The number of benzene rings is 2. The molecule has 0 spiro atoms. The summed E-state index contributed by atoms with van der Waals surface area (Å²) in [6.07, 6.45) is 5.18. The second kappa shape index (κ2) is 6.48. The highest BCUT2D eigenvalue weighted by molar-refractivity contribution is 5.40. The van der Waals surface area contributed by atoms with E-state index in [1.807, 2.05) is 24.3 Å². The Hall–Kier alpha value is -2.00. The number of para-hydroxylation sites is 2. The van der Waals surface area contributed by atoms with E-state index in [2.05, 4.69) is 42.6 Å². The lowest BCUT2D eigenvalue weighted by Crippen LogP contribution is -3.00. The van der Waals surface area contributed by atoms with Crippen molar-refractivity contribution in [3.63, 3.8) is 0 Å². The molecule has 0 radical (unpaired) electrons. The fourth-order valence-corrected chi connectivity index (χ4v) is 4.23. The molecule has 1 fully saturated rings. The summed E-state index contributed by atoms with van der Waals surface area (Å²) >= 11 is 0. The Morgan fingerprint density at radius 1 is 0.958 bits per heavy atom. The van der Waals surface area contributed by atoms with E-state index in [-0.39, 0.29) is 11.6 Å². The van der Waals surface area contributed by atoms with Crippen molar-refractivity contribution in [1.29, 1.82) is 0 Å². The Bertz CT molecular complexity index is 679. The fraction of sp³-hybridized carbons (Fsp3) is 0.429. The van der Waals surface area contributed by atoms with Gasteiger partial charge < -0.3 is 14.8 Å². The standard InChI is InChI=1S/C21H25NO2/c1-16(20-15-23-18-11-5-6-12-19(18)24-20)22-21(13-7-8-14-21)17-9-3-2-4-10-17/h2-6,9-12,16,20,22H,7-8,13-15H2,1H3/p+1/t16-,20-/m1/s1. The van der Waals surface area contributed by atoms with Gasteiger partial charge in [-0.3, -0.25) is 0 Å². The molecule has 1 aliphatic carbocycles. The molecule has 0 amide bonds. The summed E-state index contributed by atoms with van der Waals surface area (Å²) in [5.41, 5.74) is 1.65. The number of rotatable bonds is 4. The average molecular weight is 324 g/mol. The molecule has 24 heavy (non-hydrogen) atoms. The quantitative estimate of drug-likeness (QED) is 0.937. The normalized spacial score (nSPS) is 23.0. The highest BCUT2D eigenvalue weighted by Gasteiger charge is 2.42. The molecule has 1 heterocycles. The van der Waals surface area contributed by atoms with Crippen LogP contribution in [0.15, 0.2) is 54.6 Å². The number of hydrogen-bond donors (Lipinski definition) is 1. The zero-order valence-electron chi connectivity index (χ0n) is 14.3. The third-order valence-corrected chi connectivity index (χ3v) is 5.54. The Morgan fingerprint density at radius 3 is 2.38 bits per heavy atom. The molecule has 0 unspecified atom stereocenters. The molecular weight excluding hydrogens is 298 g/mol. The lowest BCUT2D eigenvalue weighted by molar-refractivity contribution is -0.767. The molecule has 1 saturated carbocycles. The maximum absolute atomic E-state index is 6.23. The van der Waals surface area contributed by atoms with E-state index in [1.54, 1.807) is 0 Å². The molecule has 0 aromatic heterocycles. The first-order chi connectivity index (χ1) is 11.8. The molecule has 3 nitrogen and oxygen atoms in total. The first-order valence-corrected chi connectivity index (χ1v) is 9.07. The predicted molar refractivity (Wildman–Crippen MR) is 94.3 cm³/mol. The summed E-state index contributed by atoms with van der Waals surface area (Å²) in [4.78, 5) is 0. The minimum Gasteiger partial charge on any atom is -0.486 e. The summed E-state index contributed by atoms with van der Waals surface area (Å²) in [5.74, 6) is 1.73. The molecule has 4 rings (SSSR count). The smallest absolute Gasteiger partial charge is 0.184 e. The second-order valence-corrected chi connectivity index (χ2v) is 7.17. The molecule has 0 saturated heterocycles. The van der Waals surface area contributed by atoms with E-state index in [4.69, 9.17) is 9.47 Å². The topological polar surface area (TPSA) is 35.1 Å². The van der Waals surface area contributed by atoms with E-state index in [0.717, 1.165) is 11.5 Å². The monoisotopic (exact) mass is 324 g/mol. The van der Waals surface area contributed by atoms with Crippen LogP contribution in [0.1, 0.15) is 38.2 Å². The fourth-order valence-electron chi connectivity index (χ4n) is 4.23. The number of hydrogen-bond acceptors (Lipinski definition) is 2. The van der Waals surface area contributed by atoms with E-state index < -0.39 is 0 Å². The van der Waals surface area contributed by atoms with Gasteiger partial charge in [-0.15, -0.1) is 0 Å². The van der Waals surface area contributed by atoms with Crippen LogP contribution in [0.4, 0.5) is 0 Å². The highest BCUT2D eigenvalue weighted by Crippen LogP contribution is 2.36. The van der Waals surface area contributed by atoms with Gasteiger partial charge >= 0.3 is 0 Å². The van der Waals surface area contributed by atoms with E-state index in [0.29, 0.717) is 12.6 Å². The van der Waals surface area contributed by atoms with Crippen LogP contribution in [-0.2, 0) is 5.54 Å². The van der Waals surface area contributed by atoms with Crippen LogP contribution in [0.2, 0.25) is 0 Å². The molecule has 2 aliphatic rings. The number of ether oxygens (including phenoxy) is 2. The second-order valence-electron chi connectivity index (χ2n) is 7.17. The molecule has 2 N–H and O–H groups in total. The molecular formula is C21H26NO2+. The average Bonchev–Trinajstić information content (AvgIpc) is 3.12. The van der Waals surface area contributed by atoms with Gasteiger partial charge in [0, 0.05) is 18.4 Å². The van der Waals surface area contributed by atoms with Crippen LogP contribution in [0.25, 0.3) is 0 Å². The summed E-state index contributed by atoms with van der Waals surface area (Å²) in [5, 5.41) is 2.54. The van der Waals surface area contributed by atoms with Gasteiger partial charge in [-0.05, 0) is 31.9 Å². The van der Waals surface area contributed by atoms with Crippen molar-refractivity contribution in [2.75, 3.05) is 6.61 Å². The predicted octanol–water partition coefficient (Wildman–Crippen LogP) is 3.25. The third kappa shape index (κ3) is 2.89. The summed E-state index contributed by atoms with van der Waals surface area (Å²) in [6.45, 7) is 2.89. The van der Waals surface area contributed by atoms with Crippen molar-refractivity contribution in [3.8, 4) is 11.5 Å². The molecule has 1 aliphatic heterocycles. The van der Waals surface area contributed by atoms with Gasteiger partial charge in [-0.1, -0.05) is 42.5 Å². The Balaban J connectivity index is 1.51. The van der Waals surface area contributed by atoms with Crippen LogP contribution in [0.3, 0.4) is 0 Å². The van der Waals surface area contributed by atoms with Crippen molar-refractivity contribution >= 4 is 0 Å². The number of quaternary nitrogens is 1. The van der Waals surface area contributed by atoms with E-state index in [1.165, 1.54) is 31.2 Å². The summed E-state index contributed by atoms with van der Waals surface area (Å²) in [7, 11) is 0. The molecule has 0 bridgehead atoms. The number of nitrogens with two attached hydrogens (primary N) is 1. The van der Waals surface area contributed by atoms with Crippen LogP contribution >= 0.6 is 0 Å². The first kappa shape index (κ1) is 15.5. The SMILES string of the molecule is C[C@@H]([NH2+]C1(c2ccccc2)CCCC1)[C@H]1COc2ccccc2O1. The van der Waals surface area contributed by atoms with Gasteiger partial charge in [-0.2, -0.15) is 0 Å². The Morgan fingerprint density at radius 2 is 1.62 bits per heavy atom. The lowest BCUT2D eigenvalue weighted by atomic mass is 9.87. The summed E-state index contributed by atoms with van der Waals surface area (Å²) < 4.78 is 12.1. The maximum Gasteiger partial charge on any atom is 0.184 e. The van der Waals surface area contributed by atoms with Gasteiger partial charge in [0.2, 0.25) is 0 Å². The molecule has 2 aromatic rings. The Kier molecular flexibility index (Phi) is 4.19. The van der Waals surface area contributed by atoms with Crippen LogP contribution in [0.5, 0.6) is 11.5 Å². The van der Waals surface area contributed by atoms with Gasteiger partial charge in [0.05, 0.1) is 0 Å². The largest absolute Gasteiger partial charge is 0.486 e. The lowest BCUT2D eigenvalue weighted by Gasteiger charge is -2.35. The van der Waals surface area contributed by atoms with Crippen molar-refractivity contribution < 1.29 is 14.8 Å². The van der Waals surface area contributed by atoms with Gasteiger partial charge in [0.1, 0.15) is 18.2 Å². The summed E-state index contributed by atoms with van der Waals surface area (Å²) in [6, 6.07) is 19.3. The number of fused-ring (bicyclic) bond motifs is 1. The zero-order chi connectivity index (χ0) is 16.4. The van der Waals surface area contributed by atoms with Crippen LogP contribution in [-0.4, -0.2) is 18.8 Å². The van der Waals surface area contributed by atoms with Crippen LogP contribution < -0.4 is 14.8 Å². The molecule has 126 valence electrons. The molecule has 3 heteroatoms. The first-order valence-electron chi connectivity index (χ1n) is 9.07. The molecule has 2 aromatic carbocycles. The van der Waals surface area contributed by atoms with Gasteiger partial charge in [0.25, 0.3) is 0 Å². The van der Waals surface area contributed by atoms with Crippen molar-refractivity contribution in [1.82, 2.24) is 0 Å². The minimum absolute atomic E-state index is 0.0843. The minimum atomic E-state index is 0.0843. The third-order valence-electron chi connectivity index (χ3n) is 5.54. The van der Waals surface area contributed by atoms with Gasteiger partial charge in [-0.25, -0.2) is 0 Å².